The van der Waals surface area contributed by atoms with Gasteiger partial charge in [-0.1, -0.05) is 101 Å². The molecule has 2 amide bonds. The zero-order chi connectivity index (χ0) is 31.9. The van der Waals surface area contributed by atoms with Crippen molar-refractivity contribution in [1.82, 2.24) is 26.6 Å². The molecule has 240 valence electrons. The highest BCUT2D eigenvalue weighted by Crippen LogP contribution is 2.13. The van der Waals surface area contributed by atoms with E-state index in [9.17, 15) is 9.59 Å². The summed E-state index contributed by atoms with van der Waals surface area (Å²) in [6.45, 7) is 15.2. The molecule has 3 rings (SSSR count). The summed E-state index contributed by atoms with van der Waals surface area (Å²) < 4.78 is 0. The van der Waals surface area contributed by atoms with Gasteiger partial charge < -0.3 is 26.6 Å². The topological polar surface area (TPSA) is 94.3 Å². The van der Waals surface area contributed by atoms with E-state index in [0.717, 1.165) is 49.4 Å². The Morgan fingerprint density at radius 2 is 1.51 bits per heavy atom. The van der Waals surface area contributed by atoms with Crippen molar-refractivity contribution in [3.8, 4) is 0 Å². The minimum absolute atomic E-state index is 0.145. The van der Waals surface area contributed by atoms with Crippen molar-refractivity contribution in [3.63, 3.8) is 0 Å². The van der Waals surface area contributed by atoms with Gasteiger partial charge in [-0.2, -0.15) is 0 Å². The number of carbonyl (C=O) groups is 2. The van der Waals surface area contributed by atoms with Crippen molar-refractivity contribution in [3.05, 3.63) is 82.0 Å². The summed E-state index contributed by atoms with van der Waals surface area (Å²) in [5, 5.41) is 16.7. The van der Waals surface area contributed by atoms with E-state index in [2.05, 4.69) is 77.7 Å². The van der Waals surface area contributed by atoms with Gasteiger partial charge in [0.2, 0.25) is 11.8 Å². The van der Waals surface area contributed by atoms with Crippen molar-refractivity contribution in [2.75, 3.05) is 32.7 Å². The molecule has 43 heavy (non-hydrogen) atoms. The van der Waals surface area contributed by atoms with Crippen LogP contribution in [-0.2, 0) is 22.4 Å². The van der Waals surface area contributed by atoms with Crippen LogP contribution in [0.25, 0.3) is 0 Å². The quantitative estimate of drug-likeness (QED) is 0.305. The number of halogens is 1. The Labute approximate surface area is 266 Å². The van der Waals surface area contributed by atoms with Crippen molar-refractivity contribution < 1.29 is 9.59 Å². The summed E-state index contributed by atoms with van der Waals surface area (Å²) in [6.07, 6.45) is 8.12. The van der Waals surface area contributed by atoms with E-state index in [1.165, 1.54) is 23.1 Å². The van der Waals surface area contributed by atoms with Crippen LogP contribution < -0.4 is 26.6 Å². The molecule has 0 aliphatic carbocycles. The number of hydrogen-bond acceptors (Lipinski definition) is 5. The summed E-state index contributed by atoms with van der Waals surface area (Å²) in [6, 6.07) is 15.9. The van der Waals surface area contributed by atoms with E-state index in [1.807, 2.05) is 45.0 Å². The number of nitrogens with one attached hydrogen (secondary N) is 5. The highest BCUT2D eigenvalue weighted by molar-refractivity contribution is 6.30. The van der Waals surface area contributed by atoms with Gasteiger partial charge in [0, 0.05) is 36.4 Å². The molecule has 0 spiro atoms. The average molecular weight is 614 g/mol. The number of hydrogen-bond donors (Lipinski definition) is 5. The standard InChI is InChI=1S/C25H41N5O2.C7H7Cl.C3H8/c1-4-9-22-16-26-14-7-12-20-10-5-6-11-21(20)13-8-15-27-25(32)23(17-28-19(2)3)30-24(31)18-29-22;1-6-2-4-7(8)5-3-6;1-3-2/h5-6,9-11,19,23,26,28-29H,4,7-8,12-18H2,1-3H3,(H,27,32)(H,30,31);2-5H,1H3;3H2,1-2H3. The van der Waals surface area contributed by atoms with Gasteiger partial charge in [0.1, 0.15) is 6.04 Å². The van der Waals surface area contributed by atoms with E-state index in [0.29, 0.717) is 19.6 Å². The molecule has 1 aliphatic heterocycles. The molecule has 2 aromatic carbocycles. The van der Waals surface area contributed by atoms with E-state index < -0.39 is 6.04 Å². The Morgan fingerprint density at radius 3 is 2.07 bits per heavy atom. The van der Waals surface area contributed by atoms with Gasteiger partial charge in [-0.25, -0.2) is 0 Å². The third-order valence-corrected chi connectivity index (χ3v) is 6.73. The highest BCUT2D eigenvalue weighted by Gasteiger charge is 2.20. The largest absolute Gasteiger partial charge is 0.379 e. The van der Waals surface area contributed by atoms with Crippen LogP contribution in [-0.4, -0.2) is 56.6 Å². The van der Waals surface area contributed by atoms with Gasteiger partial charge in [-0.15, -0.1) is 0 Å². The molecule has 1 atom stereocenters. The molecule has 0 fully saturated rings. The van der Waals surface area contributed by atoms with Crippen LogP contribution >= 0.6 is 11.6 Å². The molecular weight excluding hydrogens is 558 g/mol. The third-order valence-electron chi connectivity index (χ3n) is 6.47. The number of amides is 2. The van der Waals surface area contributed by atoms with Crippen LogP contribution in [0.3, 0.4) is 0 Å². The molecule has 1 aliphatic rings. The molecule has 1 unspecified atom stereocenters. The minimum Gasteiger partial charge on any atom is -0.379 e. The molecule has 7 nitrogen and oxygen atoms in total. The van der Waals surface area contributed by atoms with Crippen LogP contribution in [0.4, 0.5) is 0 Å². The first-order valence-electron chi connectivity index (χ1n) is 15.9. The number of benzene rings is 2. The second kappa shape index (κ2) is 23.6. The SMILES string of the molecule is CCC.CCC=C1CNCCCc2ccccc2CCCNC(=O)C(CNC(C)C)NC(=O)CN1.Cc1ccc(Cl)cc1. The highest BCUT2D eigenvalue weighted by atomic mass is 35.5. The first-order valence-corrected chi connectivity index (χ1v) is 16.3. The molecule has 0 aromatic heterocycles. The Bertz CT molecular complexity index is 1050. The predicted molar refractivity (Wildman–Crippen MR) is 183 cm³/mol. The molecule has 2 aromatic rings. The average Bonchev–Trinajstić information content (AvgIpc) is 2.98. The Balaban J connectivity index is 0.000000705. The van der Waals surface area contributed by atoms with Gasteiger partial charge in [-0.3, -0.25) is 9.59 Å². The Hall–Kier alpha value is -2.87. The zero-order valence-corrected chi connectivity index (χ0v) is 28.1. The molecule has 0 radical (unpaired) electrons. The summed E-state index contributed by atoms with van der Waals surface area (Å²) >= 11 is 5.61. The van der Waals surface area contributed by atoms with Crippen LogP contribution in [0.1, 0.15) is 77.0 Å². The summed E-state index contributed by atoms with van der Waals surface area (Å²) in [4.78, 5) is 25.3. The van der Waals surface area contributed by atoms with Crippen molar-refractivity contribution in [1.29, 1.82) is 0 Å². The molecule has 5 N–H and O–H groups in total. The summed E-state index contributed by atoms with van der Waals surface area (Å²) in [5.41, 5.74) is 4.98. The van der Waals surface area contributed by atoms with Crippen LogP contribution in [0, 0.1) is 6.92 Å². The van der Waals surface area contributed by atoms with Gasteiger partial charge in [-0.05, 0) is 68.8 Å². The van der Waals surface area contributed by atoms with E-state index in [4.69, 9.17) is 11.6 Å². The lowest BCUT2D eigenvalue weighted by molar-refractivity contribution is -0.128. The normalized spacial score (nSPS) is 17.9. The number of rotatable bonds is 4. The molecular formula is C35H56ClN5O2. The maximum Gasteiger partial charge on any atom is 0.243 e. The predicted octanol–water partition coefficient (Wildman–Crippen LogP) is 5.70. The van der Waals surface area contributed by atoms with Gasteiger partial charge in [0.25, 0.3) is 0 Å². The lowest BCUT2D eigenvalue weighted by atomic mass is 9.99. The second-order valence-corrected chi connectivity index (χ2v) is 11.6. The monoisotopic (exact) mass is 613 g/mol. The summed E-state index contributed by atoms with van der Waals surface area (Å²) in [5.74, 6) is -0.334. The fourth-order valence-corrected chi connectivity index (χ4v) is 4.40. The maximum atomic E-state index is 12.8. The van der Waals surface area contributed by atoms with E-state index in [-0.39, 0.29) is 24.4 Å². The molecule has 0 saturated heterocycles. The van der Waals surface area contributed by atoms with Crippen molar-refractivity contribution >= 4 is 23.4 Å². The van der Waals surface area contributed by atoms with Gasteiger partial charge in [0.15, 0.2) is 0 Å². The van der Waals surface area contributed by atoms with Gasteiger partial charge >= 0.3 is 0 Å². The van der Waals surface area contributed by atoms with Crippen LogP contribution in [0.15, 0.2) is 60.3 Å². The summed E-state index contributed by atoms with van der Waals surface area (Å²) in [7, 11) is 0. The number of carbonyl (C=O) groups excluding carboxylic acids is 2. The minimum atomic E-state index is -0.602. The second-order valence-electron chi connectivity index (χ2n) is 11.1. The van der Waals surface area contributed by atoms with Crippen molar-refractivity contribution in [2.45, 2.75) is 92.2 Å². The number of allylic oxidation sites excluding steroid dienone is 1. The molecule has 0 bridgehead atoms. The smallest absolute Gasteiger partial charge is 0.243 e. The zero-order valence-electron chi connectivity index (χ0n) is 27.3. The molecule has 0 saturated carbocycles. The van der Waals surface area contributed by atoms with Crippen LogP contribution in [0.5, 0.6) is 0 Å². The lowest BCUT2D eigenvalue weighted by Gasteiger charge is -2.21. The third kappa shape index (κ3) is 18.4. The lowest BCUT2D eigenvalue weighted by Crippen LogP contribution is -2.54. The van der Waals surface area contributed by atoms with Crippen LogP contribution in [0.2, 0.25) is 5.02 Å². The molecule has 1 heterocycles. The number of aryl methyl sites for hydroxylation is 3. The van der Waals surface area contributed by atoms with Gasteiger partial charge in [0.05, 0.1) is 6.54 Å². The Morgan fingerprint density at radius 1 is 0.907 bits per heavy atom. The van der Waals surface area contributed by atoms with Crippen molar-refractivity contribution in [2.24, 2.45) is 0 Å². The Kier molecular flexibility index (Phi) is 20.9. The maximum absolute atomic E-state index is 12.8. The fourth-order valence-electron chi connectivity index (χ4n) is 4.27. The van der Waals surface area contributed by atoms with E-state index >= 15 is 0 Å². The first-order chi connectivity index (χ1) is 20.7. The number of fused-ring (bicyclic) bond motifs is 1. The van der Waals surface area contributed by atoms with E-state index in [1.54, 1.807) is 0 Å². The first kappa shape index (κ1) is 38.2. The fraction of sp³-hybridized carbons (Fsp3) is 0.543. The molecule has 8 heteroatoms.